The number of nitrogens with two attached hydrogens (primary N) is 1. The van der Waals surface area contributed by atoms with Crippen LogP contribution in [0.15, 0.2) is 47.4 Å². The topological polar surface area (TPSA) is 110 Å². The van der Waals surface area contributed by atoms with E-state index in [9.17, 15) is 19.2 Å². The van der Waals surface area contributed by atoms with Gasteiger partial charge in [0.15, 0.2) is 0 Å². The Morgan fingerprint density at radius 2 is 1.71 bits per heavy atom. The Morgan fingerprint density at radius 3 is 2.45 bits per heavy atom. The van der Waals surface area contributed by atoms with Gasteiger partial charge in [0.05, 0.1) is 22.6 Å². The van der Waals surface area contributed by atoms with Crippen LogP contribution in [0.5, 0.6) is 0 Å². The minimum atomic E-state index is -0.449. The summed E-state index contributed by atoms with van der Waals surface area (Å²) in [7, 11) is 0. The number of nitrogens with one attached hydrogen (secondary N) is 1. The zero-order valence-corrected chi connectivity index (χ0v) is 17.7. The van der Waals surface area contributed by atoms with Gasteiger partial charge in [0.2, 0.25) is 5.91 Å². The molecule has 7 nitrogen and oxygen atoms in total. The molecule has 2 aromatic carbocycles. The second-order valence-electron chi connectivity index (χ2n) is 7.74. The van der Waals surface area contributed by atoms with E-state index in [1.807, 2.05) is 0 Å². The summed E-state index contributed by atoms with van der Waals surface area (Å²) in [6, 6.07) is 11.6. The smallest absolute Gasteiger partial charge is 0.261 e. The van der Waals surface area contributed by atoms with Gasteiger partial charge in [0.25, 0.3) is 17.7 Å². The lowest BCUT2D eigenvalue weighted by atomic mass is 9.94. The summed E-state index contributed by atoms with van der Waals surface area (Å²) in [5.41, 5.74) is 6.68. The van der Waals surface area contributed by atoms with Crippen molar-refractivity contribution in [2.24, 2.45) is 5.73 Å². The van der Waals surface area contributed by atoms with Crippen molar-refractivity contribution in [3.63, 3.8) is 0 Å². The lowest BCUT2D eigenvalue weighted by Gasteiger charge is -2.29. The minimum Gasteiger partial charge on any atom is -0.369 e. The Kier molecular flexibility index (Phi) is 6.08. The molecule has 0 saturated heterocycles. The van der Waals surface area contributed by atoms with Gasteiger partial charge in [-0.15, -0.1) is 11.8 Å². The lowest BCUT2D eigenvalue weighted by Crippen LogP contribution is -2.40. The van der Waals surface area contributed by atoms with Crippen LogP contribution in [0.25, 0.3) is 0 Å². The molecule has 0 aromatic heterocycles. The Morgan fingerprint density at radius 1 is 1.00 bits per heavy atom. The highest BCUT2D eigenvalue weighted by Crippen LogP contribution is 2.32. The molecule has 160 valence electrons. The molecule has 1 aliphatic carbocycles. The van der Waals surface area contributed by atoms with Crippen molar-refractivity contribution in [3.05, 3.63) is 59.2 Å². The average Bonchev–Trinajstić information content (AvgIpc) is 3.03. The standard InChI is InChI=1S/C23H23N3O4S/c24-20(27)13-31-19-9-5-4-8-18(19)25-21(28)14-10-11-16-17(12-14)23(30)26(22(16)29)15-6-2-1-3-7-15/h4-5,8-12,15H,1-3,6-7,13H2,(H2,24,27)(H,25,28). The van der Waals surface area contributed by atoms with Crippen molar-refractivity contribution in [2.75, 3.05) is 11.1 Å². The number of nitrogens with zero attached hydrogens (tertiary/aromatic N) is 1. The average molecular weight is 438 g/mol. The quantitative estimate of drug-likeness (QED) is 0.531. The van der Waals surface area contributed by atoms with Crippen molar-refractivity contribution >= 4 is 41.1 Å². The van der Waals surface area contributed by atoms with Crippen molar-refractivity contribution < 1.29 is 19.2 Å². The molecule has 3 N–H and O–H groups in total. The number of fused-ring (bicyclic) bond motifs is 1. The molecule has 0 radical (unpaired) electrons. The van der Waals surface area contributed by atoms with Crippen molar-refractivity contribution in [2.45, 2.75) is 43.0 Å². The van der Waals surface area contributed by atoms with E-state index in [4.69, 9.17) is 5.73 Å². The lowest BCUT2D eigenvalue weighted by molar-refractivity contribution is -0.115. The molecule has 0 unspecified atom stereocenters. The van der Waals surface area contributed by atoms with E-state index in [2.05, 4.69) is 5.32 Å². The van der Waals surface area contributed by atoms with E-state index in [1.165, 1.54) is 22.7 Å². The highest BCUT2D eigenvalue weighted by Gasteiger charge is 2.40. The van der Waals surface area contributed by atoms with Gasteiger partial charge in [-0.05, 0) is 43.2 Å². The van der Waals surface area contributed by atoms with Crippen LogP contribution in [0.2, 0.25) is 0 Å². The number of amides is 4. The number of hydrogen-bond donors (Lipinski definition) is 2. The maximum absolute atomic E-state index is 13.0. The molecule has 0 spiro atoms. The van der Waals surface area contributed by atoms with Crippen LogP contribution in [0.4, 0.5) is 5.69 Å². The van der Waals surface area contributed by atoms with Crippen molar-refractivity contribution in [1.82, 2.24) is 4.90 Å². The number of primary amides is 1. The van der Waals surface area contributed by atoms with Crippen LogP contribution >= 0.6 is 11.8 Å². The molecule has 1 saturated carbocycles. The predicted molar refractivity (Wildman–Crippen MR) is 118 cm³/mol. The van der Waals surface area contributed by atoms with Gasteiger partial charge in [-0.1, -0.05) is 31.4 Å². The highest BCUT2D eigenvalue weighted by molar-refractivity contribution is 8.00. The summed E-state index contributed by atoms with van der Waals surface area (Å²) in [5.74, 6) is -1.34. The first-order valence-corrected chi connectivity index (χ1v) is 11.3. The van der Waals surface area contributed by atoms with Crippen molar-refractivity contribution in [3.8, 4) is 0 Å². The van der Waals surface area contributed by atoms with E-state index in [0.29, 0.717) is 21.7 Å². The van der Waals surface area contributed by atoms with Gasteiger partial charge in [-0.3, -0.25) is 24.1 Å². The van der Waals surface area contributed by atoms with E-state index in [0.717, 1.165) is 32.1 Å². The molecule has 1 heterocycles. The molecule has 0 bridgehead atoms. The largest absolute Gasteiger partial charge is 0.369 e. The number of imide groups is 1. The molecule has 4 amide bonds. The molecule has 2 aliphatic rings. The molecular weight excluding hydrogens is 414 g/mol. The number of carbonyl (C=O) groups is 4. The van der Waals surface area contributed by atoms with Crippen LogP contribution in [-0.4, -0.2) is 40.3 Å². The summed E-state index contributed by atoms with van der Waals surface area (Å²) in [4.78, 5) is 51.8. The number of hydrogen-bond acceptors (Lipinski definition) is 5. The summed E-state index contributed by atoms with van der Waals surface area (Å²) in [5, 5.41) is 2.82. The monoisotopic (exact) mass is 437 g/mol. The third-order valence-corrected chi connectivity index (χ3v) is 6.72. The first-order valence-electron chi connectivity index (χ1n) is 10.3. The first kappa shape index (κ1) is 21.1. The van der Waals surface area contributed by atoms with Gasteiger partial charge in [-0.25, -0.2) is 0 Å². The highest BCUT2D eigenvalue weighted by atomic mass is 32.2. The maximum Gasteiger partial charge on any atom is 0.261 e. The van der Waals surface area contributed by atoms with Gasteiger partial charge in [0.1, 0.15) is 0 Å². The number of rotatable bonds is 6. The third-order valence-electron chi connectivity index (χ3n) is 5.63. The summed E-state index contributed by atoms with van der Waals surface area (Å²) >= 11 is 1.23. The molecule has 1 aliphatic heterocycles. The van der Waals surface area contributed by atoms with E-state index < -0.39 is 11.8 Å². The number of anilines is 1. The van der Waals surface area contributed by atoms with Gasteiger partial charge >= 0.3 is 0 Å². The fourth-order valence-electron chi connectivity index (χ4n) is 4.11. The number of benzene rings is 2. The van der Waals surface area contributed by atoms with Crippen LogP contribution < -0.4 is 11.1 Å². The molecule has 31 heavy (non-hydrogen) atoms. The Hall–Kier alpha value is -3.13. The molecule has 8 heteroatoms. The molecule has 1 fully saturated rings. The Labute approximate surface area is 184 Å². The minimum absolute atomic E-state index is 0.0624. The molecule has 4 rings (SSSR count). The maximum atomic E-state index is 13.0. The Bertz CT molecular complexity index is 1060. The number of para-hydroxylation sites is 1. The zero-order valence-electron chi connectivity index (χ0n) is 16.9. The van der Waals surface area contributed by atoms with Crippen LogP contribution in [-0.2, 0) is 4.79 Å². The van der Waals surface area contributed by atoms with Gasteiger partial charge in [0, 0.05) is 16.5 Å². The first-order chi connectivity index (χ1) is 15.0. The van der Waals surface area contributed by atoms with Gasteiger partial charge < -0.3 is 11.1 Å². The third kappa shape index (κ3) is 4.34. The summed E-state index contributed by atoms with van der Waals surface area (Å²) in [6.45, 7) is 0. The predicted octanol–water partition coefficient (Wildman–Crippen LogP) is 3.45. The van der Waals surface area contributed by atoms with Gasteiger partial charge in [-0.2, -0.15) is 0 Å². The van der Waals surface area contributed by atoms with E-state index in [1.54, 1.807) is 36.4 Å². The second kappa shape index (κ2) is 8.93. The second-order valence-corrected chi connectivity index (χ2v) is 8.75. The fourth-order valence-corrected chi connectivity index (χ4v) is 4.86. The normalized spacial score (nSPS) is 16.3. The molecule has 0 atom stereocenters. The number of thioether (sulfide) groups is 1. The van der Waals surface area contributed by atoms with E-state index in [-0.39, 0.29) is 29.2 Å². The number of carbonyl (C=O) groups excluding carboxylic acids is 4. The van der Waals surface area contributed by atoms with E-state index >= 15 is 0 Å². The summed E-state index contributed by atoms with van der Waals surface area (Å²) < 4.78 is 0. The molecule has 2 aromatic rings. The Balaban J connectivity index is 1.54. The SMILES string of the molecule is NC(=O)CSc1ccccc1NC(=O)c1ccc2c(c1)C(=O)N(C1CCCCC1)C2=O. The van der Waals surface area contributed by atoms with Crippen LogP contribution in [0.1, 0.15) is 63.2 Å². The van der Waals surface area contributed by atoms with Crippen LogP contribution in [0, 0.1) is 0 Å². The van der Waals surface area contributed by atoms with Crippen molar-refractivity contribution in [1.29, 1.82) is 0 Å². The summed E-state index contributed by atoms with van der Waals surface area (Å²) in [6.07, 6.45) is 4.82. The molecular formula is C23H23N3O4S. The van der Waals surface area contributed by atoms with Crippen LogP contribution in [0.3, 0.4) is 0 Å². The fraction of sp³-hybridized carbons (Fsp3) is 0.304. The zero-order chi connectivity index (χ0) is 22.0.